The fourth-order valence-electron chi connectivity index (χ4n) is 2.76. The summed E-state index contributed by atoms with van der Waals surface area (Å²) in [5.41, 5.74) is 2.05. The van der Waals surface area contributed by atoms with Crippen LogP contribution in [-0.2, 0) is 4.74 Å². The number of benzene rings is 1. The van der Waals surface area contributed by atoms with Gasteiger partial charge in [-0.05, 0) is 55.7 Å². The normalized spacial score (nSPS) is 16.3. The van der Waals surface area contributed by atoms with Crippen LogP contribution in [0, 0.1) is 6.92 Å². The lowest BCUT2D eigenvalue weighted by Crippen LogP contribution is -2.32. The van der Waals surface area contributed by atoms with Crippen molar-refractivity contribution in [1.29, 1.82) is 0 Å². The van der Waals surface area contributed by atoms with Gasteiger partial charge in [-0.1, -0.05) is 11.6 Å². The molecule has 2 amide bonds. The summed E-state index contributed by atoms with van der Waals surface area (Å²) in [6.07, 6.45) is 3.48. The summed E-state index contributed by atoms with van der Waals surface area (Å²) in [5, 5.41) is 6.22. The van der Waals surface area contributed by atoms with Crippen LogP contribution in [0.5, 0.6) is 0 Å². The van der Waals surface area contributed by atoms with Crippen molar-refractivity contribution < 1.29 is 14.3 Å². The molecule has 0 spiro atoms. The first-order chi connectivity index (χ1) is 12.5. The molecule has 0 radical (unpaired) electrons. The van der Waals surface area contributed by atoms with Crippen molar-refractivity contribution in [2.24, 2.45) is 0 Å². The van der Waals surface area contributed by atoms with Gasteiger partial charge in [0, 0.05) is 35.6 Å². The second kappa shape index (κ2) is 8.29. The van der Waals surface area contributed by atoms with Crippen molar-refractivity contribution in [3.8, 4) is 0 Å². The SMILES string of the molecule is Cc1cc(Cl)ccc1NC(=O)c1cc(C(=O)NCC2CCCO2)ccn1. The number of nitrogens with one attached hydrogen (secondary N) is 2. The van der Waals surface area contributed by atoms with Gasteiger partial charge in [0.25, 0.3) is 11.8 Å². The van der Waals surface area contributed by atoms with Crippen LogP contribution in [0.15, 0.2) is 36.5 Å². The molecule has 1 fully saturated rings. The number of carbonyl (C=O) groups excluding carboxylic acids is 2. The van der Waals surface area contributed by atoms with E-state index in [2.05, 4.69) is 15.6 Å². The maximum absolute atomic E-state index is 12.4. The quantitative estimate of drug-likeness (QED) is 0.843. The molecule has 1 aromatic carbocycles. The summed E-state index contributed by atoms with van der Waals surface area (Å²) in [4.78, 5) is 28.8. The first kappa shape index (κ1) is 18.4. The smallest absolute Gasteiger partial charge is 0.274 e. The fourth-order valence-corrected chi connectivity index (χ4v) is 2.99. The van der Waals surface area contributed by atoms with Crippen LogP contribution in [0.25, 0.3) is 0 Å². The summed E-state index contributed by atoms with van der Waals surface area (Å²) < 4.78 is 5.49. The summed E-state index contributed by atoms with van der Waals surface area (Å²) in [7, 11) is 0. The number of aryl methyl sites for hydroxylation is 1. The Morgan fingerprint density at radius 3 is 2.85 bits per heavy atom. The van der Waals surface area contributed by atoms with Gasteiger partial charge in [-0.3, -0.25) is 14.6 Å². The number of anilines is 1. The second-order valence-electron chi connectivity index (χ2n) is 6.19. The highest BCUT2D eigenvalue weighted by molar-refractivity contribution is 6.30. The van der Waals surface area contributed by atoms with Crippen LogP contribution in [0.2, 0.25) is 5.02 Å². The summed E-state index contributed by atoms with van der Waals surface area (Å²) in [6, 6.07) is 8.25. The van der Waals surface area contributed by atoms with E-state index in [1.807, 2.05) is 6.92 Å². The van der Waals surface area contributed by atoms with Crippen molar-refractivity contribution >= 4 is 29.1 Å². The Labute approximate surface area is 156 Å². The number of rotatable bonds is 5. The van der Waals surface area contributed by atoms with Crippen molar-refractivity contribution in [2.75, 3.05) is 18.5 Å². The molecule has 1 atom stereocenters. The fraction of sp³-hybridized carbons (Fsp3) is 0.316. The summed E-state index contributed by atoms with van der Waals surface area (Å²) in [6.45, 7) is 3.06. The van der Waals surface area contributed by atoms with E-state index in [9.17, 15) is 9.59 Å². The van der Waals surface area contributed by atoms with Crippen LogP contribution in [0.3, 0.4) is 0 Å². The molecule has 1 saturated heterocycles. The lowest BCUT2D eigenvalue weighted by Gasteiger charge is -2.11. The first-order valence-electron chi connectivity index (χ1n) is 8.46. The lowest BCUT2D eigenvalue weighted by atomic mass is 10.1. The molecule has 3 rings (SSSR count). The van der Waals surface area contributed by atoms with E-state index in [0.29, 0.717) is 22.8 Å². The largest absolute Gasteiger partial charge is 0.376 e. The molecule has 2 heterocycles. The number of pyridine rings is 1. The number of ether oxygens (including phenoxy) is 1. The maximum Gasteiger partial charge on any atom is 0.274 e. The van der Waals surface area contributed by atoms with E-state index >= 15 is 0 Å². The molecule has 0 aliphatic carbocycles. The molecule has 1 aliphatic rings. The van der Waals surface area contributed by atoms with Gasteiger partial charge < -0.3 is 15.4 Å². The van der Waals surface area contributed by atoms with Crippen molar-refractivity contribution in [2.45, 2.75) is 25.9 Å². The van der Waals surface area contributed by atoms with E-state index in [1.54, 1.807) is 24.3 Å². The van der Waals surface area contributed by atoms with Gasteiger partial charge in [-0.15, -0.1) is 0 Å². The molecule has 26 heavy (non-hydrogen) atoms. The van der Waals surface area contributed by atoms with Crippen molar-refractivity contribution in [1.82, 2.24) is 10.3 Å². The highest BCUT2D eigenvalue weighted by atomic mass is 35.5. The second-order valence-corrected chi connectivity index (χ2v) is 6.62. The molecule has 2 aromatic rings. The molecule has 6 nitrogen and oxygen atoms in total. The number of nitrogens with zero attached hydrogens (tertiary/aromatic N) is 1. The third kappa shape index (κ3) is 4.59. The van der Waals surface area contributed by atoms with E-state index in [1.165, 1.54) is 12.3 Å². The van der Waals surface area contributed by atoms with Gasteiger partial charge in [0.2, 0.25) is 0 Å². The molecule has 0 bridgehead atoms. The van der Waals surface area contributed by atoms with E-state index in [-0.39, 0.29) is 23.6 Å². The van der Waals surface area contributed by atoms with Crippen LogP contribution in [0.4, 0.5) is 5.69 Å². The minimum Gasteiger partial charge on any atom is -0.376 e. The van der Waals surface area contributed by atoms with Gasteiger partial charge in [-0.25, -0.2) is 0 Å². The molecular formula is C19H20ClN3O3. The van der Waals surface area contributed by atoms with Crippen LogP contribution < -0.4 is 10.6 Å². The van der Waals surface area contributed by atoms with Crippen molar-refractivity contribution in [3.05, 3.63) is 58.4 Å². The Morgan fingerprint density at radius 2 is 2.12 bits per heavy atom. The average Bonchev–Trinajstić information content (AvgIpc) is 3.15. The zero-order valence-corrected chi connectivity index (χ0v) is 15.2. The average molecular weight is 374 g/mol. The highest BCUT2D eigenvalue weighted by Crippen LogP contribution is 2.20. The number of aromatic nitrogens is 1. The number of hydrogen-bond acceptors (Lipinski definition) is 4. The van der Waals surface area contributed by atoms with Crippen LogP contribution in [0.1, 0.15) is 39.3 Å². The molecule has 1 unspecified atom stereocenters. The molecule has 2 N–H and O–H groups in total. The molecule has 1 aromatic heterocycles. The Morgan fingerprint density at radius 1 is 1.27 bits per heavy atom. The number of carbonyl (C=O) groups is 2. The summed E-state index contributed by atoms with van der Waals surface area (Å²) >= 11 is 5.92. The van der Waals surface area contributed by atoms with Crippen LogP contribution in [-0.4, -0.2) is 36.1 Å². The van der Waals surface area contributed by atoms with Gasteiger partial charge in [0.05, 0.1) is 6.10 Å². The van der Waals surface area contributed by atoms with E-state index < -0.39 is 0 Å². The van der Waals surface area contributed by atoms with E-state index in [0.717, 1.165) is 25.0 Å². The minimum absolute atomic E-state index is 0.0661. The molecule has 136 valence electrons. The van der Waals surface area contributed by atoms with Gasteiger partial charge >= 0.3 is 0 Å². The topological polar surface area (TPSA) is 80.3 Å². The Balaban J connectivity index is 1.65. The zero-order valence-electron chi connectivity index (χ0n) is 14.4. The van der Waals surface area contributed by atoms with E-state index in [4.69, 9.17) is 16.3 Å². The maximum atomic E-state index is 12.4. The number of hydrogen-bond donors (Lipinski definition) is 2. The standard InChI is InChI=1S/C19H20ClN3O3/c1-12-9-14(20)4-5-16(12)23-19(25)17-10-13(6-7-21-17)18(24)22-11-15-3-2-8-26-15/h4-7,9-10,15H,2-3,8,11H2,1H3,(H,22,24)(H,23,25). The molecule has 0 saturated carbocycles. The Hall–Kier alpha value is -2.44. The predicted molar refractivity (Wildman–Crippen MR) is 99.7 cm³/mol. The summed E-state index contributed by atoms with van der Waals surface area (Å²) in [5.74, 6) is -0.635. The third-order valence-electron chi connectivity index (χ3n) is 4.21. The number of halogens is 1. The molecular weight excluding hydrogens is 354 g/mol. The Kier molecular flexibility index (Phi) is 5.85. The number of amides is 2. The minimum atomic E-state index is -0.385. The molecule has 7 heteroatoms. The van der Waals surface area contributed by atoms with Crippen LogP contribution >= 0.6 is 11.6 Å². The van der Waals surface area contributed by atoms with Gasteiger partial charge in [0.15, 0.2) is 0 Å². The zero-order chi connectivity index (χ0) is 18.5. The predicted octanol–water partition coefficient (Wildman–Crippen LogP) is 3.20. The molecule has 1 aliphatic heterocycles. The lowest BCUT2D eigenvalue weighted by molar-refractivity contribution is 0.0857. The Bertz CT molecular complexity index is 819. The van der Waals surface area contributed by atoms with Crippen molar-refractivity contribution in [3.63, 3.8) is 0 Å². The third-order valence-corrected chi connectivity index (χ3v) is 4.44. The van der Waals surface area contributed by atoms with Gasteiger partial charge in [-0.2, -0.15) is 0 Å². The monoisotopic (exact) mass is 373 g/mol. The highest BCUT2D eigenvalue weighted by Gasteiger charge is 2.17. The first-order valence-corrected chi connectivity index (χ1v) is 8.84. The van der Waals surface area contributed by atoms with Gasteiger partial charge in [0.1, 0.15) is 5.69 Å².